The van der Waals surface area contributed by atoms with Crippen LogP contribution in [-0.4, -0.2) is 29.6 Å². The summed E-state index contributed by atoms with van der Waals surface area (Å²) in [5.41, 5.74) is 1.04. The maximum atomic E-state index is 12.5. The van der Waals surface area contributed by atoms with Crippen molar-refractivity contribution >= 4 is 17.6 Å². The van der Waals surface area contributed by atoms with E-state index in [0.29, 0.717) is 6.54 Å². The van der Waals surface area contributed by atoms with Gasteiger partial charge in [-0.1, -0.05) is 18.2 Å². The Morgan fingerprint density at radius 3 is 2.26 bits per heavy atom. The molecular weight excluding hydrogens is 294 g/mol. The number of esters is 1. The van der Waals surface area contributed by atoms with Crippen LogP contribution in [-0.2, 0) is 9.53 Å². The maximum Gasteiger partial charge on any atom is 0.338 e. The predicted octanol–water partition coefficient (Wildman–Crippen LogP) is 2.99. The molecule has 0 fully saturated rings. The number of phenolic OH excluding ortho intramolecular Hbond substituents is 1. The molecule has 2 aromatic carbocycles. The van der Waals surface area contributed by atoms with Gasteiger partial charge in [0, 0.05) is 12.2 Å². The molecule has 5 nitrogen and oxygen atoms in total. The summed E-state index contributed by atoms with van der Waals surface area (Å²) < 4.78 is 5.23. The van der Waals surface area contributed by atoms with Gasteiger partial charge in [0.1, 0.15) is 5.75 Å². The molecular formula is C18H19NO4. The van der Waals surface area contributed by atoms with Crippen LogP contribution >= 0.6 is 0 Å². The van der Waals surface area contributed by atoms with E-state index in [1.165, 1.54) is 24.3 Å². The highest BCUT2D eigenvalue weighted by Gasteiger charge is 2.24. The second-order valence-electron chi connectivity index (χ2n) is 5.01. The molecule has 0 saturated heterocycles. The number of rotatable bonds is 5. The zero-order valence-corrected chi connectivity index (χ0v) is 13.1. The van der Waals surface area contributed by atoms with Gasteiger partial charge in [-0.25, -0.2) is 4.79 Å². The number of aromatic hydroxyl groups is 1. The van der Waals surface area contributed by atoms with Crippen molar-refractivity contribution in [1.82, 2.24) is 0 Å². The molecule has 0 aromatic heterocycles. The number of nitrogens with zero attached hydrogens (tertiary/aromatic N) is 1. The first-order chi connectivity index (χ1) is 11.0. The molecule has 0 aliphatic rings. The number of para-hydroxylation sites is 1. The third-order valence-corrected chi connectivity index (χ3v) is 3.38. The maximum absolute atomic E-state index is 12.5. The molecule has 1 atom stereocenters. The molecule has 5 heteroatoms. The molecule has 0 bridgehead atoms. The summed E-state index contributed by atoms with van der Waals surface area (Å²) in [5, 5.41) is 9.23. The molecule has 0 unspecified atom stereocenters. The molecule has 120 valence electrons. The Bertz CT molecular complexity index is 667. The molecule has 23 heavy (non-hydrogen) atoms. The van der Waals surface area contributed by atoms with Gasteiger partial charge in [0.05, 0.1) is 5.56 Å². The van der Waals surface area contributed by atoms with Crippen molar-refractivity contribution in [2.24, 2.45) is 0 Å². The minimum absolute atomic E-state index is 0.0620. The third-order valence-electron chi connectivity index (χ3n) is 3.38. The van der Waals surface area contributed by atoms with E-state index < -0.39 is 12.1 Å². The van der Waals surface area contributed by atoms with E-state index in [-0.39, 0.29) is 17.2 Å². The third kappa shape index (κ3) is 4.10. The normalized spacial score (nSPS) is 11.6. The standard InChI is InChI=1S/C18H19NO4/c1-3-19(15-7-5-4-6-8-15)17(21)13(2)23-18(22)14-9-11-16(20)12-10-14/h4-13,20H,3H2,1-2H3/t13-/m0/s1. The van der Waals surface area contributed by atoms with Crippen molar-refractivity contribution < 1.29 is 19.4 Å². The fourth-order valence-corrected chi connectivity index (χ4v) is 2.17. The first kappa shape index (κ1) is 16.5. The SMILES string of the molecule is CCN(C(=O)[C@H](C)OC(=O)c1ccc(O)cc1)c1ccccc1. The lowest BCUT2D eigenvalue weighted by atomic mass is 10.2. The van der Waals surface area contributed by atoms with Crippen LogP contribution < -0.4 is 4.90 Å². The number of carbonyl (C=O) groups excluding carboxylic acids is 2. The molecule has 0 aliphatic carbocycles. The van der Waals surface area contributed by atoms with Crippen LogP contribution in [0.3, 0.4) is 0 Å². The summed E-state index contributed by atoms with van der Waals surface area (Å²) in [6, 6.07) is 14.9. The van der Waals surface area contributed by atoms with Gasteiger partial charge >= 0.3 is 5.97 Å². The Balaban J connectivity index is 2.06. The highest BCUT2D eigenvalue weighted by Crippen LogP contribution is 2.16. The van der Waals surface area contributed by atoms with Crippen molar-refractivity contribution in [3.05, 3.63) is 60.2 Å². The van der Waals surface area contributed by atoms with Crippen LogP contribution in [0.2, 0.25) is 0 Å². The van der Waals surface area contributed by atoms with Gasteiger partial charge in [-0.05, 0) is 50.2 Å². The van der Waals surface area contributed by atoms with Crippen LogP contribution in [0, 0.1) is 0 Å². The smallest absolute Gasteiger partial charge is 0.338 e. The van der Waals surface area contributed by atoms with E-state index in [9.17, 15) is 14.7 Å². The second kappa shape index (κ2) is 7.45. The summed E-state index contributed by atoms with van der Waals surface area (Å²) in [4.78, 5) is 26.1. The average Bonchev–Trinajstić information content (AvgIpc) is 2.57. The molecule has 1 amide bonds. The van der Waals surface area contributed by atoms with Crippen molar-refractivity contribution in [1.29, 1.82) is 0 Å². The van der Waals surface area contributed by atoms with E-state index in [4.69, 9.17) is 4.74 Å². The Kier molecular flexibility index (Phi) is 5.36. The molecule has 0 heterocycles. The highest BCUT2D eigenvalue weighted by molar-refractivity contribution is 5.99. The molecule has 2 rings (SSSR count). The Labute approximate surface area is 135 Å². The molecule has 0 spiro atoms. The molecule has 1 N–H and O–H groups in total. The van der Waals surface area contributed by atoms with E-state index >= 15 is 0 Å². The molecule has 0 radical (unpaired) electrons. The lowest BCUT2D eigenvalue weighted by Gasteiger charge is -2.24. The quantitative estimate of drug-likeness (QED) is 0.862. The van der Waals surface area contributed by atoms with Crippen LogP contribution in [0.25, 0.3) is 0 Å². The van der Waals surface area contributed by atoms with Gasteiger partial charge in [0.2, 0.25) is 0 Å². The lowest BCUT2D eigenvalue weighted by Crippen LogP contribution is -2.40. The summed E-state index contributed by atoms with van der Waals surface area (Å²) in [6.07, 6.45) is -0.906. The number of phenols is 1. The predicted molar refractivity (Wildman–Crippen MR) is 87.5 cm³/mol. The largest absolute Gasteiger partial charge is 0.508 e. The zero-order valence-electron chi connectivity index (χ0n) is 13.1. The molecule has 2 aromatic rings. The van der Waals surface area contributed by atoms with Gasteiger partial charge in [-0.3, -0.25) is 4.79 Å². The van der Waals surface area contributed by atoms with Crippen LogP contribution in [0.4, 0.5) is 5.69 Å². The molecule has 0 aliphatic heterocycles. The number of carbonyl (C=O) groups is 2. The van der Waals surface area contributed by atoms with Crippen molar-refractivity contribution in [2.75, 3.05) is 11.4 Å². The fraction of sp³-hybridized carbons (Fsp3) is 0.222. The van der Waals surface area contributed by atoms with Gasteiger partial charge in [0.25, 0.3) is 5.91 Å². The number of hydrogen-bond acceptors (Lipinski definition) is 4. The van der Waals surface area contributed by atoms with Gasteiger partial charge < -0.3 is 14.7 Å². The van der Waals surface area contributed by atoms with Crippen LogP contribution in [0.5, 0.6) is 5.75 Å². The fourth-order valence-electron chi connectivity index (χ4n) is 2.17. The number of likely N-dealkylation sites (N-methyl/N-ethyl adjacent to an activating group) is 1. The van der Waals surface area contributed by atoms with Crippen LogP contribution in [0.1, 0.15) is 24.2 Å². The highest BCUT2D eigenvalue weighted by atomic mass is 16.5. The summed E-state index contributed by atoms with van der Waals surface area (Å²) in [7, 11) is 0. The van der Waals surface area contributed by atoms with Crippen molar-refractivity contribution in [3.63, 3.8) is 0 Å². The number of benzene rings is 2. The minimum atomic E-state index is -0.906. The topological polar surface area (TPSA) is 66.8 Å². The summed E-state index contributed by atoms with van der Waals surface area (Å²) >= 11 is 0. The first-order valence-electron chi connectivity index (χ1n) is 7.39. The van der Waals surface area contributed by atoms with Gasteiger partial charge in [-0.15, -0.1) is 0 Å². The zero-order chi connectivity index (χ0) is 16.8. The van der Waals surface area contributed by atoms with E-state index in [1.54, 1.807) is 11.8 Å². The number of amides is 1. The summed E-state index contributed by atoms with van der Waals surface area (Å²) in [6.45, 7) is 3.88. The Morgan fingerprint density at radius 1 is 1.09 bits per heavy atom. The Hall–Kier alpha value is -2.82. The number of anilines is 1. The number of hydrogen-bond donors (Lipinski definition) is 1. The number of ether oxygens (including phenoxy) is 1. The summed E-state index contributed by atoms with van der Waals surface area (Å²) in [5.74, 6) is -0.826. The Morgan fingerprint density at radius 2 is 1.70 bits per heavy atom. The van der Waals surface area contributed by atoms with E-state index in [0.717, 1.165) is 5.69 Å². The van der Waals surface area contributed by atoms with Crippen molar-refractivity contribution in [2.45, 2.75) is 20.0 Å². The molecule has 0 saturated carbocycles. The van der Waals surface area contributed by atoms with E-state index in [2.05, 4.69) is 0 Å². The van der Waals surface area contributed by atoms with Gasteiger partial charge in [0.15, 0.2) is 6.10 Å². The van der Waals surface area contributed by atoms with E-state index in [1.807, 2.05) is 37.3 Å². The van der Waals surface area contributed by atoms with Gasteiger partial charge in [-0.2, -0.15) is 0 Å². The lowest BCUT2D eigenvalue weighted by molar-refractivity contribution is -0.126. The van der Waals surface area contributed by atoms with Crippen LogP contribution in [0.15, 0.2) is 54.6 Å². The average molecular weight is 313 g/mol. The second-order valence-corrected chi connectivity index (χ2v) is 5.01. The first-order valence-corrected chi connectivity index (χ1v) is 7.39. The van der Waals surface area contributed by atoms with Crippen molar-refractivity contribution in [3.8, 4) is 5.75 Å². The minimum Gasteiger partial charge on any atom is -0.508 e. The monoisotopic (exact) mass is 313 g/mol.